The van der Waals surface area contributed by atoms with E-state index in [2.05, 4.69) is 20.4 Å². The Bertz CT molecular complexity index is 464. The molecule has 1 aromatic rings. The van der Waals surface area contributed by atoms with Gasteiger partial charge in [-0.15, -0.1) is 10.2 Å². The molecule has 1 saturated heterocycles. The van der Waals surface area contributed by atoms with Crippen LogP contribution >= 0.6 is 0 Å². The van der Waals surface area contributed by atoms with E-state index in [4.69, 9.17) is 0 Å². The maximum absolute atomic E-state index is 12.9. The minimum Gasteiger partial charge on any atom is -0.314 e. The summed E-state index contributed by atoms with van der Waals surface area (Å²) in [6.07, 6.45) is -3.65. The Labute approximate surface area is 115 Å². The van der Waals surface area contributed by atoms with Crippen molar-refractivity contribution < 1.29 is 13.2 Å². The molecule has 1 fully saturated rings. The van der Waals surface area contributed by atoms with Gasteiger partial charge in [-0.05, 0) is 6.42 Å². The third-order valence-electron chi connectivity index (χ3n) is 4.06. The standard InChI is InChI=1S/C12H18F3N5/c13-12(14,15)9-1-2-10-17-18-11(20(10)7-9)8-19-5-3-16-4-6-19/h9,16H,1-8H2. The van der Waals surface area contributed by atoms with Gasteiger partial charge < -0.3 is 9.88 Å². The van der Waals surface area contributed by atoms with Crippen molar-refractivity contribution in [2.75, 3.05) is 26.2 Å². The maximum atomic E-state index is 12.9. The summed E-state index contributed by atoms with van der Waals surface area (Å²) >= 11 is 0. The quantitative estimate of drug-likeness (QED) is 0.875. The summed E-state index contributed by atoms with van der Waals surface area (Å²) in [7, 11) is 0. The van der Waals surface area contributed by atoms with E-state index in [0.717, 1.165) is 26.2 Å². The van der Waals surface area contributed by atoms with E-state index in [1.54, 1.807) is 4.57 Å². The van der Waals surface area contributed by atoms with Gasteiger partial charge in [0.1, 0.15) is 11.6 Å². The molecule has 8 heteroatoms. The molecule has 2 aliphatic heterocycles. The molecule has 20 heavy (non-hydrogen) atoms. The van der Waals surface area contributed by atoms with Crippen LogP contribution in [0.5, 0.6) is 0 Å². The van der Waals surface area contributed by atoms with Crippen LogP contribution in [-0.2, 0) is 19.5 Å². The Morgan fingerprint density at radius 3 is 2.65 bits per heavy atom. The van der Waals surface area contributed by atoms with Gasteiger partial charge in [-0.25, -0.2) is 0 Å². The molecule has 3 rings (SSSR count). The highest BCUT2D eigenvalue weighted by atomic mass is 19.4. The monoisotopic (exact) mass is 289 g/mol. The second-order valence-corrected chi connectivity index (χ2v) is 5.45. The Morgan fingerprint density at radius 1 is 1.20 bits per heavy atom. The molecule has 1 N–H and O–H groups in total. The van der Waals surface area contributed by atoms with E-state index in [1.807, 2.05) is 0 Å². The van der Waals surface area contributed by atoms with Crippen LogP contribution in [0.15, 0.2) is 0 Å². The second-order valence-electron chi connectivity index (χ2n) is 5.45. The molecule has 3 heterocycles. The van der Waals surface area contributed by atoms with Crippen LogP contribution < -0.4 is 5.32 Å². The number of rotatable bonds is 2. The molecular formula is C12H18F3N5. The molecule has 0 aliphatic carbocycles. The zero-order chi connectivity index (χ0) is 14.2. The highest BCUT2D eigenvalue weighted by Crippen LogP contribution is 2.34. The van der Waals surface area contributed by atoms with Crippen LogP contribution in [0.2, 0.25) is 0 Å². The molecule has 0 saturated carbocycles. The highest BCUT2D eigenvalue weighted by Gasteiger charge is 2.42. The van der Waals surface area contributed by atoms with Crippen molar-refractivity contribution in [1.29, 1.82) is 0 Å². The first-order valence-electron chi connectivity index (χ1n) is 6.95. The summed E-state index contributed by atoms with van der Waals surface area (Å²) in [6.45, 7) is 4.15. The largest absolute Gasteiger partial charge is 0.393 e. The van der Waals surface area contributed by atoms with Gasteiger partial charge in [0.05, 0.1) is 12.5 Å². The predicted molar refractivity (Wildman–Crippen MR) is 66.0 cm³/mol. The van der Waals surface area contributed by atoms with Crippen LogP contribution in [0.25, 0.3) is 0 Å². The second kappa shape index (κ2) is 5.33. The molecule has 112 valence electrons. The normalized spacial score (nSPS) is 24.6. The lowest BCUT2D eigenvalue weighted by Gasteiger charge is -2.29. The molecule has 0 spiro atoms. The zero-order valence-electron chi connectivity index (χ0n) is 11.2. The van der Waals surface area contributed by atoms with Crippen molar-refractivity contribution in [3.63, 3.8) is 0 Å². The maximum Gasteiger partial charge on any atom is 0.393 e. The molecule has 0 amide bonds. The molecule has 2 aliphatic rings. The summed E-state index contributed by atoms with van der Waals surface area (Å²) in [5.41, 5.74) is 0. The van der Waals surface area contributed by atoms with E-state index in [1.165, 1.54) is 0 Å². The Morgan fingerprint density at radius 2 is 1.95 bits per heavy atom. The van der Waals surface area contributed by atoms with Gasteiger partial charge in [-0.3, -0.25) is 4.90 Å². The summed E-state index contributed by atoms with van der Waals surface area (Å²) < 4.78 is 40.2. The number of fused-ring (bicyclic) bond motifs is 1. The smallest absolute Gasteiger partial charge is 0.314 e. The summed E-state index contributed by atoms with van der Waals surface area (Å²) in [5.74, 6) is 0.0826. The SMILES string of the molecule is FC(F)(F)C1CCc2nnc(CN3CCNCC3)n2C1. The van der Waals surface area contributed by atoms with E-state index < -0.39 is 12.1 Å². The third kappa shape index (κ3) is 2.80. The Kier molecular flexibility index (Phi) is 3.68. The number of halogens is 3. The predicted octanol–water partition coefficient (Wildman–Crippen LogP) is 0.808. The fourth-order valence-corrected chi connectivity index (χ4v) is 2.84. The molecule has 0 bridgehead atoms. The number of hydrogen-bond donors (Lipinski definition) is 1. The summed E-state index contributed by atoms with van der Waals surface area (Å²) in [5, 5.41) is 11.4. The van der Waals surface area contributed by atoms with Crippen LogP contribution in [-0.4, -0.2) is 52.0 Å². The minimum absolute atomic E-state index is 0.0345. The van der Waals surface area contributed by atoms with Gasteiger partial charge in [0.15, 0.2) is 0 Å². The Balaban J connectivity index is 1.73. The molecule has 0 aromatic carbocycles. The fourth-order valence-electron chi connectivity index (χ4n) is 2.84. The van der Waals surface area contributed by atoms with Gasteiger partial charge in [0.25, 0.3) is 0 Å². The number of aryl methyl sites for hydroxylation is 1. The first kappa shape index (κ1) is 13.8. The van der Waals surface area contributed by atoms with E-state index >= 15 is 0 Å². The lowest BCUT2D eigenvalue weighted by atomic mass is 9.99. The van der Waals surface area contributed by atoms with Crippen LogP contribution in [0.4, 0.5) is 13.2 Å². The average molecular weight is 289 g/mol. The lowest BCUT2D eigenvalue weighted by Crippen LogP contribution is -2.43. The molecule has 1 atom stereocenters. The number of nitrogens with one attached hydrogen (secondary N) is 1. The zero-order valence-corrected chi connectivity index (χ0v) is 11.2. The molecule has 0 radical (unpaired) electrons. The number of nitrogens with zero attached hydrogens (tertiary/aromatic N) is 4. The van der Waals surface area contributed by atoms with Gasteiger partial charge in [0.2, 0.25) is 0 Å². The van der Waals surface area contributed by atoms with Crippen LogP contribution in [0.1, 0.15) is 18.1 Å². The van der Waals surface area contributed by atoms with Crippen molar-refractivity contribution in [3.05, 3.63) is 11.6 Å². The van der Waals surface area contributed by atoms with E-state index in [9.17, 15) is 13.2 Å². The van der Waals surface area contributed by atoms with Crippen molar-refractivity contribution >= 4 is 0 Å². The Hall–Kier alpha value is -1.15. The van der Waals surface area contributed by atoms with Gasteiger partial charge in [-0.1, -0.05) is 0 Å². The van der Waals surface area contributed by atoms with Gasteiger partial charge in [-0.2, -0.15) is 13.2 Å². The molecule has 5 nitrogen and oxygen atoms in total. The molecule has 1 unspecified atom stereocenters. The van der Waals surface area contributed by atoms with Crippen LogP contribution in [0.3, 0.4) is 0 Å². The first-order valence-corrected chi connectivity index (χ1v) is 6.95. The number of aromatic nitrogens is 3. The van der Waals surface area contributed by atoms with E-state index in [-0.39, 0.29) is 13.0 Å². The van der Waals surface area contributed by atoms with E-state index in [0.29, 0.717) is 24.6 Å². The van der Waals surface area contributed by atoms with Crippen LogP contribution in [0, 0.1) is 5.92 Å². The van der Waals surface area contributed by atoms with Crippen molar-refractivity contribution in [1.82, 2.24) is 25.0 Å². The molecule has 1 aromatic heterocycles. The first-order chi connectivity index (χ1) is 9.54. The topological polar surface area (TPSA) is 46.0 Å². The van der Waals surface area contributed by atoms with Crippen molar-refractivity contribution in [3.8, 4) is 0 Å². The highest BCUT2D eigenvalue weighted by molar-refractivity contribution is 5.01. The summed E-state index contributed by atoms with van der Waals surface area (Å²) in [4.78, 5) is 2.20. The summed E-state index contributed by atoms with van der Waals surface area (Å²) in [6, 6.07) is 0. The minimum atomic E-state index is -4.13. The van der Waals surface area contributed by atoms with Gasteiger partial charge >= 0.3 is 6.18 Å². The number of hydrogen-bond acceptors (Lipinski definition) is 4. The van der Waals surface area contributed by atoms with Crippen molar-refractivity contribution in [2.24, 2.45) is 5.92 Å². The molecular weight excluding hydrogens is 271 g/mol. The fraction of sp³-hybridized carbons (Fsp3) is 0.833. The van der Waals surface area contributed by atoms with Crippen molar-refractivity contribution in [2.45, 2.75) is 32.1 Å². The van der Waals surface area contributed by atoms with Gasteiger partial charge in [0, 0.05) is 39.1 Å². The third-order valence-corrected chi connectivity index (χ3v) is 4.06. The average Bonchev–Trinajstić information content (AvgIpc) is 2.82. The number of alkyl halides is 3. The number of piperazine rings is 1. The lowest BCUT2D eigenvalue weighted by molar-refractivity contribution is -0.182.